The van der Waals surface area contributed by atoms with Crippen LogP contribution in [-0.4, -0.2) is 65.0 Å². The van der Waals surface area contributed by atoms with Crippen molar-refractivity contribution in [3.05, 3.63) is 35.9 Å². The Labute approximate surface area is 148 Å². The van der Waals surface area contributed by atoms with Gasteiger partial charge in [-0.05, 0) is 26.3 Å². The summed E-state index contributed by atoms with van der Waals surface area (Å²) in [6, 6.07) is 9.40. The highest BCUT2D eigenvalue weighted by Gasteiger charge is 2.44. The van der Waals surface area contributed by atoms with Crippen LogP contribution in [0.25, 0.3) is 0 Å². The maximum atomic E-state index is 11.9. The summed E-state index contributed by atoms with van der Waals surface area (Å²) >= 11 is 0. The molecule has 1 heterocycles. The van der Waals surface area contributed by atoms with Gasteiger partial charge in [-0.15, -0.1) is 0 Å². The van der Waals surface area contributed by atoms with E-state index in [0.717, 1.165) is 5.56 Å². The van der Waals surface area contributed by atoms with Crippen LogP contribution >= 0.6 is 0 Å². The molecular formula is C18H26N2O5. The van der Waals surface area contributed by atoms with Crippen LogP contribution in [0.15, 0.2) is 30.3 Å². The van der Waals surface area contributed by atoms with Crippen molar-refractivity contribution in [3.63, 3.8) is 0 Å². The monoisotopic (exact) mass is 350 g/mol. The Kier molecular flexibility index (Phi) is 6.39. The topological polar surface area (TPSA) is 79.3 Å². The van der Waals surface area contributed by atoms with Crippen molar-refractivity contribution in [3.8, 4) is 0 Å². The Balaban J connectivity index is 2.11. The lowest BCUT2D eigenvalue weighted by Crippen LogP contribution is -2.51. The van der Waals surface area contributed by atoms with Gasteiger partial charge in [-0.25, -0.2) is 4.79 Å². The van der Waals surface area contributed by atoms with Gasteiger partial charge in [0.2, 0.25) is 0 Å². The summed E-state index contributed by atoms with van der Waals surface area (Å²) in [6.07, 6.45) is -1.02. The van der Waals surface area contributed by atoms with Gasteiger partial charge in [-0.3, -0.25) is 14.6 Å². The summed E-state index contributed by atoms with van der Waals surface area (Å²) < 4.78 is 10.7. The van der Waals surface area contributed by atoms with Crippen LogP contribution in [-0.2, 0) is 20.8 Å². The highest BCUT2D eigenvalue weighted by atomic mass is 16.5. The first kappa shape index (κ1) is 19.2. The van der Waals surface area contributed by atoms with Gasteiger partial charge in [-0.1, -0.05) is 30.3 Å². The van der Waals surface area contributed by atoms with Gasteiger partial charge < -0.3 is 14.6 Å². The Morgan fingerprint density at radius 3 is 2.64 bits per heavy atom. The highest BCUT2D eigenvalue weighted by molar-refractivity contribution is 5.71. The van der Waals surface area contributed by atoms with Crippen molar-refractivity contribution in [1.29, 1.82) is 0 Å². The fourth-order valence-electron chi connectivity index (χ4n) is 3.12. The SMILES string of the molecule is CCOC(=O)CN(Cc1ccccc1)C[C@H]1COC(C)(C)N1C(=O)O. The first-order valence-electron chi connectivity index (χ1n) is 8.41. The van der Waals surface area contributed by atoms with E-state index in [1.807, 2.05) is 35.2 Å². The second kappa shape index (κ2) is 8.31. The van der Waals surface area contributed by atoms with Crippen molar-refractivity contribution in [2.75, 3.05) is 26.3 Å². The molecule has 7 nitrogen and oxygen atoms in total. The molecule has 0 saturated carbocycles. The molecule has 1 saturated heterocycles. The number of amides is 1. The summed E-state index contributed by atoms with van der Waals surface area (Å²) in [4.78, 5) is 26.8. The number of carboxylic acid groups (broad SMARTS) is 1. The molecule has 2 rings (SSSR count). The van der Waals surface area contributed by atoms with Crippen molar-refractivity contribution >= 4 is 12.1 Å². The standard InChI is InChI=1S/C18H26N2O5/c1-4-24-16(21)12-19(10-14-8-6-5-7-9-14)11-15-13-25-18(2,3)20(15)17(22)23/h5-9,15H,4,10-13H2,1-3H3,(H,22,23)/t15-/m0/s1. The van der Waals surface area contributed by atoms with Gasteiger partial charge in [-0.2, -0.15) is 0 Å². The lowest BCUT2D eigenvalue weighted by atomic mass is 10.1. The van der Waals surface area contributed by atoms with E-state index in [9.17, 15) is 14.7 Å². The third-order valence-electron chi connectivity index (χ3n) is 4.16. The van der Waals surface area contributed by atoms with E-state index in [-0.39, 0.29) is 18.6 Å². The van der Waals surface area contributed by atoms with Gasteiger partial charge in [0.15, 0.2) is 0 Å². The zero-order valence-corrected chi connectivity index (χ0v) is 15.0. The minimum atomic E-state index is -1.02. The molecule has 0 bridgehead atoms. The number of rotatable bonds is 7. The van der Waals surface area contributed by atoms with E-state index < -0.39 is 11.8 Å². The average molecular weight is 350 g/mol. The maximum Gasteiger partial charge on any atom is 0.409 e. The lowest BCUT2D eigenvalue weighted by molar-refractivity contribution is -0.144. The Morgan fingerprint density at radius 2 is 2.04 bits per heavy atom. The summed E-state index contributed by atoms with van der Waals surface area (Å²) in [6.45, 7) is 6.87. The first-order chi connectivity index (χ1) is 11.8. The first-order valence-corrected chi connectivity index (χ1v) is 8.41. The van der Waals surface area contributed by atoms with Crippen LogP contribution in [0.5, 0.6) is 0 Å². The summed E-state index contributed by atoms with van der Waals surface area (Å²) in [5.41, 5.74) is 0.172. The number of nitrogens with zero attached hydrogens (tertiary/aromatic N) is 2. The van der Waals surface area contributed by atoms with Gasteiger partial charge in [0.1, 0.15) is 5.72 Å². The van der Waals surface area contributed by atoms with Gasteiger partial charge in [0, 0.05) is 13.1 Å². The predicted molar refractivity (Wildman–Crippen MR) is 92.0 cm³/mol. The molecule has 1 aromatic carbocycles. The van der Waals surface area contributed by atoms with Crippen LogP contribution in [0, 0.1) is 0 Å². The molecule has 1 fully saturated rings. The van der Waals surface area contributed by atoms with E-state index in [0.29, 0.717) is 26.3 Å². The fraction of sp³-hybridized carbons (Fsp3) is 0.556. The molecular weight excluding hydrogens is 324 g/mol. The fourth-order valence-corrected chi connectivity index (χ4v) is 3.12. The highest BCUT2D eigenvalue weighted by Crippen LogP contribution is 2.28. The number of ether oxygens (including phenoxy) is 2. The molecule has 1 N–H and O–H groups in total. The van der Waals surface area contributed by atoms with E-state index in [1.54, 1.807) is 20.8 Å². The van der Waals surface area contributed by atoms with Crippen molar-refractivity contribution < 1.29 is 24.2 Å². The van der Waals surface area contributed by atoms with Crippen LogP contribution in [0.4, 0.5) is 4.79 Å². The lowest BCUT2D eigenvalue weighted by Gasteiger charge is -2.33. The maximum absolute atomic E-state index is 11.9. The van der Waals surface area contributed by atoms with E-state index in [2.05, 4.69) is 0 Å². The quantitative estimate of drug-likeness (QED) is 0.759. The molecule has 1 aliphatic rings. The molecule has 0 spiro atoms. The molecule has 0 unspecified atom stereocenters. The van der Waals surface area contributed by atoms with Crippen molar-refractivity contribution in [2.45, 2.75) is 39.1 Å². The third kappa shape index (κ3) is 5.17. The van der Waals surface area contributed by atoms with Gasteiger partial charge in [0.05, 0.1) is 25.8 Å². The molecule has 138 valence electrons. The number of benzene rings is 1. The molecule has 1 aliphatic heterocycles. The molecule has 1 aromatic rings. The smallest absolute Gasteiger partial charge is 0.409 e. The van der Waals surface area contributed by atoms with E-state index in [1.165, 1.54) is 4.90 Å². The largest absolute Gasteiger partial charge is 0.465 e. The summed E-state index contributed by atoms with van der Waals surface area (Å²) in [5.74, 6) is -0.321. The molecule has 0 aromatic heterocycles. The van der Waals surface area contributed by atoms with Gasteiger partial charge in [0.25, 0.3) is 0 Å². The summed E-state index contributed by atoms with van der Waals surface area (Å²) in [7, 11) is 0. The normalized spacial score (nSPS) is 19.2. The zero-order chi connectivity index (χ0) is 18.4. The molecule has 0 radical (unpaired) electrons. The zero-order valence-electron chi connectivity index (χ0n) is 15.0. The number of carbonyl (C=O) groups is 2. The predicted octanol–water partition coefficient (Wildman–Crippen LogP) is 2.17. The number of hydrogen-bond donors (Lipinski definition) is 1. The number of esters is 1. The summed E-state index contributed by atoms with van der Waals surface area (Å²) in [5, 5.41) is 9.52. The van der Waals surface area contributed by atoms with Crippen LogP contribution in [0.1, 0.15) is 26.3 Å². The molecule has 7 heteroatoms. The second-order valence-corrected chi connectivity index (χ2v) is 6.52. The third-order valence-corrected chi connectivity index (χ3v) is 4.16. The van der Waals surface area contributed by atoms with Crippen LogP contribution in [0.3, 0.4) is 0 Å². The van der Waals surface area contributed by atoms with Crippen molar-refractivity contribution in [1.82, 2.24) is 9.80 Å². The van der Waals surface area contributed by atoms with Crippen molar-refractivity contribution in [2.24, 2.45) is 0 Å². The van der Waals surface area contributed by atoms with Gasteiger partial charge >= 0.3 is 12.1 Å². The molecule has 1 amide bonds. The Morgan fingerprint density at radius 1 is 1.36 bits per heavy atom. The Bertz CT molecular complexity index is 590. The van der Waals surface area contributed by atoms with Crippen LogP contribution in [0.2, 0.25) is 0 Å². The van der Waals surface area contributed by atoms with E-state index >= 15 is 0 Å². The molecule has 0 aliphatic carbocycles. The average Bonchev–Trinajstić information content (AvgIpc) is 2.83. The minimum Gasteiger partial charge on any atom is -0.465 e. The van der Waals surface area contributed by atoms with Crippen LogP contribution < -0.4 is 0 Å². The van der Waals surface area contributed by atoms with E-state index in [4.69, 9.17) is 9.47 Å². The number of carbonyl (C=O) groups excluding carboxylic acids is 1. The Hall–Kier alpha value is -2.12. The molecule has 25 heavy (non-hydrogen) atoms. The second-order valence-electron chi connectivity index (χ2n) is 6.52. The number of hydrogen-bond acceptors (Lipinski definition) is 5. The molecule has 1 atom stereocenters. The minimum absolute atomic E-state index is 0.104.